The molecule has 2 heterocycles. The Morgan fingerprint density at radius 2 is 2.03 bits per heavy atom. The molecule has 2 atom stereocenters. The van der Waals surface area contributed by atoms with Crippen LogP contribution in [-0.4, -0.2) is 33.1 Å². The Morgan fingerprint density at radius 1 is 1.23 bits per heavy atom. The van der Waals surface area contributed by atoms with Crippen LogP contribution in [0.15, 0.2) is 46.0 Å². The van der Waals surface area contributed by atoms with Gasteiger partial charge < -0.3 is 15.5 Å². The van der Waals surface area contributed by atoms with Gasteiger partial charge in [-0.15, -0.1) is 10.2 Å². The van der Waals surface area contributed by atoms with Crippen LogP contribution in [0.25, 0.3) is 0 Å². The molecule has 9 heteroatoms. The molecule has 156 valence electrons. The minimum absolute atomic E-state index is 0.0926. The van der Waals surface area contributed by atoms with Gasteiger partial charge in [0.25, 0.3) is 0 Å². The predicted molar refractivity (Wildman–Crippen MR) is 122 cm³/mol. The summed E-state index contributed by atoms with van der Waals surface area (Å²) in [5.74, 6) is 1.38. The van der Waals surface area contributed by atoms with Crippen molar-refractivity contribution in [3.63, 3.8) is 0 Å². The highest BCUT2D eigenvalue weighted by Gasteiger charge is 2.37. The smallest absolute Gasteiger partial charge is 0.240 e. The number of benzene rings is 2. The van der Waals surface area contributed by atoms with Crippen LogP contribution >= 0.6 is 27.7 Å². The van der Waals surface area contributed by atoms with Crippen molar-refractivity contribution in [2.75, 3.05) is 17.9 Å². The van der Waals surface area contributed by atoms with E-state index in [2.05, 4.69) is 36.9 Å². The summed E-state index contributed by atoms with van der Waals surface area (Å²) in [7, 11) is 1.63. The largest absolute Gasteiger partial charge is 0.496 e. The van der Waals surface area contributed by atoms with Gasteiger partial charge in [-0.2, -0.15) is 0 Å². The van der Waals surface area contributed by atoms with E-state index < -0.39 is 5.25 Å². The summed E-state index contributed by atoms with van der Waals surface area (Å²) in [4.78, 5) is 13.4. The molecular weight excluding hydrogens is 466 g/mol. The highest BCUT2D eigenvalue weighted by Crippen LogP contribution is 2.39. The Balaban J connectivity index is 1.70. The number of hydrogen-bond acceptors (Lipinski definition) is 6. The molecule has 0 bridgehead atoms. The first kappa shape index (κ1) is 20.7. The summed E-state index contributed by atoms with van der Waals surface area (Å²) >= 11 is 4.95. The van der Waals surface area contributed by atoms with Gasteiger partial charge in [0, 0.05) is 5.69 Å². The van der Waals surface area contributed by atoms with Crippen molar-refractivity contribution in [1.29, 1.82) is 0 Å². The number of ether oxygens (including phenoxy) is 1. The zero-order valence-electron chi connectivity index (χ0n) is 17.1. The molecule has 2 N–H and O–H groups in total. The highest BCUT2D eigenvalue weighted by atomic mass is 79.9. The van der Waals surface area contributed by atoms with Crippen molar-refractivity contribution in [3.05, 3.63) is 63.4 Å². The van der Waals surface area contributed by atoms with Gasteiger partial charge in [0.1, 0.15) is 16.8 Å². The third-order valence-corrected chi connectivity index (χ3v) is 7.09. The van der Waals surface area contributed by atoms with E-state index in [1.807, 2.05) is 61.8 Å². The average molecular weight is 488 g/mol. The third-order valence-electron chi connectivity index (χ3n) is 5.25. The second-order valence-corrected chi connectivity index (χ2v) is 9.10. The van der Waals surface area contributed by atoms with Gasteiger partial charge in [0.15, 0.2) is 0 Å². The fourth-order valence-electron chi connectivity index (χ4n) is 3.38. The Kier molecular flexibility index (Phi) is 5.75. The van der Waals surface area contributed by atoms with Gasteiger partial charge in [0.2, 0.25) is 11.1 Å². The summed E-state index contributed by atoms with van der Waals surface area (Å²) in [6.07, 6.45) is 0. The number of carbonyl (C=O) groups excluding carboxylic acids is 1. The van der Waals surface area contributed by atoms with Gasteiger partial charge in [-0.1, -0.05) is 30.0 Å². The number of amides is 1. The Hall–Kier alpha value is -2.52. The van der Waals surface area contributed by atoms with Crippen LogP contribution in [0.1, 0.15) is 28.6 Å². The zero-order chi connectivity index (χ0) is 21.4. The van der Waals surface area contributed by atoms with E-state index in [-0.39, 0.29) is 11.9 Å². The van der Waals surface area contributed by atoms with Gasteiger partial charge in [0.05, 0.1) is 17.6 Å². The average Bonchev–Trinajstić information content (AvgIpc) is 3.10. The summed E-state index contributed by atoms with van der Waals surface area (Å²) in [6, 6.07) is 11.4. The molecule has 3 aromatic rings. The predicted octanol–water partition coefficient (Wildman–Crippen LogP) is 4.37. The van der Waals surface area contributed by atoms with Crippen molar-refractivity contribution in [2.24, 2.45) is 0 Å². The lowest BCUT2D eigenvalue weighted by atomic mass is 10.0. The van der Waals surface area contributed by atoms with Crippen LogP contribution in [0.2, 0.25) is 0 Å². The molecule has 1 aliphatic heterocycles. The molecule has 0 radical (unpaired) electrons. The number of anilines is 1. The van der Waals surface area contributed by atoms with Crippen LogP contribution in [0.3, 0.4) is 0 Å². The lowest BCUT2D eigenvalue weighted by Crippen LogP contribution is -2.41. The van der Waals surface area contributed by atoms with E-state index in [9.17, 15) is 4.79 Å². The molecular formula is C21H22BrN5O2S. The molecule has 0 unspecified atom stereocenters. The van der Waals surface area contributed by atoms with Crippen LogP contribution in [-0.2, 0) is 4.79 Å². The second kappa shape index (κ2) is 8.31. The minimum Gasteiger partial charge on any atom is -0.496 e. The van der Waals surface area contributed by atoms with E-state index in [1.165, 1.54) is 11.8 Å². The number of rotatable bonds is 4. The standard InChI is InChI=1S/C21H22BrN5O2S/c1-11-6-5-7-16(12(11)2)23-20(28)19-18(14-8-9-17(29-4)15(22)10-14)26-27-13(3)24-25-21(27)30-19/h5-10,18-19,26H,1-4H3,(H,23,28)/t18-,19+/m1/s1. The minimum atomic E-state index is -0.443. The number of aryl methyl sites for hydroxylation is 2. The van der Waals surface area contributed by atoms with Crippen LogP contribution in [0.4, 0.5) is 5.69 Å². The Bertz CT molecular complexity index is 1120. The Labute approximate surface area is 187 Å². The second-order valence-electron chi connectivity index (χ2n) is 7.14. The molecule has 0 aliphatic carbocycles. The molecule has 7 nitrogen and oxygen atoms in total. The topological polar surface area (TPSA) is 81.1 Å². The fourth-order valence-corrected chi connectivity index (χ4v) is 5.06. The molecule has 4 rings (SSSR count). The first-order valence-electron chi connectivity index (χ1n) is 9.44. The first-order chi connectivity index (χ1) is 14.4. The van der Waals surface area contributed by atoms with E-state index in [0.717, 1.165) is 38.4 Å². The van der Waals surface area contributed by atoms with Crippen molar-refractivity contribution in [1.82, 2.24) is 14.9 Å². The molecule has 30 heavy (non-hydrogen) atoms. The third kappa shape index (κ3) is 3.79. The van der Waals surface area contributed by atoms with E-state index in [4.69, 9.17) is 4.74 Å². The molecule has 1 amide bonds. The number of nitrogens with zero attached hydrogens (tertiary/aromatic N) is 3. The normalized spacial score (nSPS) is 17.8. The van der Waals surface area contributed by atoms with Gasteiger partial charge >= 0.3 is 0 Å². The van der Waals surface area contributed by atoms with Crippen LogP contribution < -0.4 is 15.5 Å². The first-order valence-corrected chi connectivity index (χ1v) is 11.1. The number of hydrogen-bond donors (Lipinski definition) is 2. The van der Waals surface area contributed by atoms with E-state index in [1.54, 1.807) is 7.11 Å². The maximum atomic E-state index is 13.4. The van der Waals surface area contributed by atoms with Gasteiger partial charge in [-0.25, -0.2) is 4.68 Å². The van der Waals surface area contributed by atoms with Crippen molar-refractivity contribution < 1.29 is 9.53 Å². The number of methoxy groups -OCH3 is 1. The number of aromatic nitrogens is 3. The summed E-state index contributed by atoms with van der Waals surface area (Å²) in [5, 5.41) is 11.7. The quantitative estimate of drug-likeness (QED) is 0.568. The Morgan fingerprint density at radius 3 is 2.77 bits per heavy atom. The summed E-state index contributed by atoms with van der Waals surface area (Å²) < 4.78 is 8.01. The maximum Gasteiger partial charge on any atom is 0.240 e. The van der Waals surface area contributed by atoms with Crippen molar-refractivity contribution >= 4 is 39.3 Å². The van der Waals surface area contributed by atoms with Crippen LogP contribution in [0, 0.1) is 20.8 Å². The van der Waals surface area contributed by atoms with Crippen molar-refractivity contribution in [3.8, 4) is 5.75 Å². The number of thioether (sulfide) groups is 1. The number of carbonyl (C=O) groups is 1. The van der Waals surface area contributed by atoms with E-state index in [0.29, 0.717) is 5.16 Å². The molecule has 0 saturated heterocycles. The van der Waals surface area contributed by atoms with Gasteiger partial charge in [-0.05, 0) is 71.6 Å². The SMILES string of the molecule is COc1ccc([C@H]2Nn3c(C)nnc3S[C@@H]2C(=O)Nc2cccc(C)c2C)cc1Br. The number of nitrogens with one attached hydrogen (secondary N) is 2. The molecule has 1 aromatic heterocycles. The van der Waals surface area contributed by atoms with Crippen LogP contribution in [0.5, 0.6) is 5.75 Å². The fraction of sp³-hybridized carbons (Fsp3) is 0.286. The molecule has 2 aromatic carbocycles. The molecule has 0 fully saturated rings. The molecule has 0 saturated carbocycles. The summed E-state index contributed by atoms with van der Waals surface area (Å²) in [5.41, 5.74) is 7.38. The monoisotopic (exact) mass is 487 g/mol. The lowest BCUT2D eigenvalue weighted by Gasteiger charge is -2.33. The summed E-state index contributed by atoms with van der Waals surface area (Å²) in [6.45, 7) is 5.92. The van der Waals surface area contributed by atoms with Crippen molar-refractivity contribution in [2.45, 2.75) is 37.2 Å². The lowest BCUT2D eigenvalue weighted by molar-refractivity contribution is -0.116. The van der Waals surface area contributed by atoms with Gasteiger partial charge in [-0.3, -0.25) is 4.79 Å². The highest BCUT2D eigenvalue weighted by molar-refractivity contribution is 9.10. The molecule has 1 aliphatic rings. The van der Waals surface area contributed by atoms with E-state index >= 15 is 0 Å². The number of halogens is 1. The molecule has 0 spiro atoms. The maximum absolute atomic E-state index is 13.4. The zero-order valence-corrected chi connectivity index (χ0v) is 19.5. The number of fused-ring (bicyclic) bond motifs is 1.